The van der Waals surface area contributed by atoms with Crippen molar-refractivity contribution in [2.75, 3.05) is 6.54 Å². The SMILES string of the molecule is CC1(C)CC=CCN1C(=O)c1ccnc(Cl)c1. The normalized spacial score (nSPS) is 18.2. The summed E-state index contributed by atoms with van der Waals surface area (Å²) in [7, 11) is 0. The number of carbonyl (C=O) groups excluding carboxylic acids is 1. The van der Waals surface area contributed by atoms with Gasteiger partial charge in [0, 0.05) is 23.8 Å². The van der Waals surface area contributed by atoms with Gasteiger partial charge in [-0.2, -0.15) is 0 Å². The molecule has 0 saturated carbocycles. The minimum Gasteiger partial charge on any atom is -0.329 e. The molecule has 0 N–H and O–H groups in total. The van der Waals surface area contributed by atoms with Gasteiger partial charge in [-0.1, -0.05) is 23.8 Å². The van der Waals surface area contributed by atoms with E-state index in [4.69, 9.17) is 11.6 Å². The van der Waals surface area contributed by atoms with Gasteiger partial charge in [0.15, 0.2) is 0 Å². The fourth-order valence-corrected chi connectivity index (χ4v) is 2.13. The Labute approximate surface area is 106 Å². The summed E-state index contributed by atoms with van der Waals surface area (Å²) in [6.45, 7) is 4.78. The van der Waals surface area contributed by atoms with E-state index < -0.39 is 0 Å². The smallest absolute Gasteiger partial charge is 0.254 e. The highest BCUT2D eigenvalue weighted by Gasteiger charge is 2.31. The van der Waals surface area contributed by atoms with Crippen molar-refractivity contribution in [3.05, 3.63) is 41.2 Å². The van der Waals surface area contributed by atoms with Crippen molar-refractivity contribution in [1.82, 2.24) is 9.88 Å². The van der Waals surface area contributed by atoms with Crippen molar-refractivity contribution >= 4 is 17.5 Å². The van der Waals surface area contributed by atoms with Gasteiger partial charge >= 0.3 is 0 Å². The lowest BCUT2D eigenvalue weighted by molar-refractivity contribution is 0.0572. The van der Waals surface area contributed by atoms with Gasteiger partial charge in [0.2, 0.25) is 0 Å². The highest BCUT2D eigenvalue weighted by Crippen LogP contribution is 2.25. The Bertz CT molecular complexity index is 468. The van der Waals surface area contributed by atoms with Crippen LogP contribution in [0.4, 0.5) is 0 Å². The Morgan fingerprint density at radius 3 is 2.88 bits per heavy atom. The first-order valence-corrected chi connectivity index (χ1v) is 5.97. The molecule has 17 heavy (non-hydrogen) atoms. The lowest BCUT2D eigenvalue weighted by Crippen LogP contribution is -2.49. The van der Waals surface area contributed by atoms with Crippen molar-refractivity contribution in [3.63, 3.8) is 0 Å². The minimum atomic E-state index is -0.151. The molecule has 0 radical (unpaired) electrons. The first-order chi connectivity index (χ1) is 8.00. The molecule has 90 valence electrons. The standard InChI is InChI=1S/C13H15ClN2O/c1-13(2)6-3-4-8-16(13)12(17)10-5-7-15-11(14)9-10/h3-5,7,9H,6,8H2,1-2H3. The van der Waals surface area contributed by atoms with Crippen molar-refractivity contribution in [2.24, 2.45) is 0 Å². The van der Waals surface area contributed by atoms with Crippen LogP contribution in [-0.2, 0) is 0 Å². The van der Waals surface area contributed by atoms with Gasteiger partial charge in [-0.15, -0.1) is 0 Å². The number of aromatic nitrogens is 1. The summed E-state index contributed by atoms with van der Waals surface area (Å²) in [4.78, 5) is 18.1. The average molecular weight is 251 g/mol. The molecule has 1 aromatic rings. The van der Waals surface area contributed by atoms with Crippen LogP contribution in [0.3, 0.4) is 0 Å². The van der Waals surface area contributed by atoms with Crippen LogP contribution < -0.4 is 0 Å². The molecule has 0 fully saturated rings. The number of amides is 1. The summed E-state index contributed by atoms with van der Waals surface area (Å²) in [6, 6.07) is 3.31. The first kappa shape index (κ1) is 12.1. The zero-order valence-corrected chi connectivity index (χ0v) is 10.7. The fourth-order valence-electron chi connectivity index (χ4n) is 1.96. The third-order valence-corrected chi connectivity index (χ3v) is 3.23. The van der Waals surface area contributed by atoms with E-state index in [1.807, 2.05) is 11.0 Å². The molecule has 0 atom stereocenters. The molecule has 0 bridgehead atoms. The van der Waals surface area contributed by atoms with Crippen LogP contribution in [0.25, 0.3) is 0 Å². The van der Waals surface area contributed by atoms with Crippen LogP contribution in [0.15, 0.2) is 30.5 Å². The van der Waals surface area contributed by atoms with Gasteiger partial charge < -0.3 is 4.90 Å². The van der Waals surface area contributed by atoms with Crippen LogP contribution in [-0.4, -0.2) is 27.9 Å². The van der Waals surface area contributed by atoms with Crippen LogP contribution >= 0.6 is 11.6 Å². The Morgan fingerprint density at radius 1 is 1.47 bits per heavy atom. The third kappa shape index (κ3) is 2.50. The quantitative estimate of drug-likeness (QED) is 0.567. The number of hydrogen-bond donors (Lipinski definition) is 0. The van der Waals surface area contributed by atoms with Gasteiger partial charge in [0.25, 0.3) is 5.91 Å². The topological polar surface area (TPSA) is 33.2 Å². The lowest BCUT2D eigenvalue weighted by Gasteiger charge is -2.40. The molecule has 0 aromatic carbocycles. The summed E-state index contributed by atoms with van der Waals surface area (Å²) in [5, 5.41) is 0.348. The molecular formula is C13H15ClN2O. The Kier molecular flexibility index (Phi) is 3.20. The van der Waals surface area contributed by atoms with E-state index in [-0.39, 0.29) is 11.4 Å². The van der Waals surface area contributed by atoms with E-state index in [9.17, 15) is 4.79 Å². The molecular weight excluding hydrogens is 236 g/mol. The van der Waals surface area contributed by atoms with Crippen LogP contribution in [0.2, 0.25) is 5.15 Å². The predicted molar refractivity (Wildman–Crippen MR) is 68.1 cm³/mol. The molecule has 1 aromatic heterocycles. The number of pyridine rings is 1. The lowest BCUT2D eigenvalue weighted by atomic mass is 9.94. The highest BCUT2D eigenvalue weighted by molar-refractivity contribution is 6.29. The molecule has 1 amide bonds. The number of rotatable bonds is 1. The zero-order chi connectivity index (χ0) is 12.5. The van der Waals surface area contributed by atoms with Crippen LogP contribution in [0.5, 0.6) is 0 Å². The van der Waals surface area contributed by atoms with E-state index in [1.54, 1.807) is 18.3 Å². The number of halogens is 1. The van der Waals surface area contributed by atoms with Gasteiger partial charge in [-0.05, 0) is 32.4 Å². The van der Waals surface area contributed by atoms with Gasteiger partial charge in [-0.3, -0.25) is 4.79 Å². The van der Waals surface area contributed by atoms with E-state index in [0.29, 0.717) is 17.3 Å². The van der Waals surface area contributed by atoms with E-state index >= 15 is 0 Å². The Hall–Kier alpha value is -1.35. The molecule has 2 heterocycles. The molecule has 4 heteroatoms. The fraction of sp³-hybridized carbons (Fsp3) is 0.385. The Morgan fingerprint density at radius 2 is 2.24 bits per heavy atom. The van der Waals surface area contributed by atoms with Crippen LogP contribution in [0, 0.1) is 0 Å². The third-order valence-electron chi connectivity index (χ3n) is 3.02. The molecule has 1 aliphatic heterocycles. The second kappa shape index (κ2) is 4.49. The van der Waals surface area contributed by atoms with Crippen molar-refractivity contribution in [3.8, 4) is 0 Å². The molecule has 0 unspecified atom stereocenters. The summed E-state index contributed by atoms with van der Waals surface area (Å²) < 4.78 is 0. The maximum absolute atomic E-state index is 12.4. The molecule has 0 saturated heterocycles. The van der Waals surface area contributed by atoms with Crippen LogP contribution in [0.1, 0.15) is 30.6 Å². The number of hydrogen-bond acceptors (Lipinski definition) is 2. The molecule has 0 aliphatic carbocycles. The van der Waals surface area contributed by atoms with Crippen molar-refractivity contribution < 1.29 is 4.79 Å². The van der Waals surface area contributed by atoms with Gasteiger partial charge in [0.1, 0.15) is 5.15 Å². The van der Waals surface area contributed by atoms with E-state index in [1.165, 1.54) is 0 Å². The molecule has 0 spiro atoms. The minimum absolute atomic E-state index is 0.00338. The maximum Gasteiger partial charge on any atom is 0.254 e. The van der Waals surface area contributed by atoms with E-state index in [2.05, 4.69) is 24.9 Å². The van der Waals surface area contributed by atoms with Gasteiger partial charge in [0.05, 0.1) is 0 Å². The number of nitrogens with zero attached hydrogens (tertiary/aromatic N) is 2. The summed E-state index contributed by atoms with van der Waals surface area (Å²) in [5.41, 5.74) is 0.440. The molecule has 3 nitrogen and oxygen atoms in total. The average Bonchev–Trinajstić information content (AvgIpc) is 2.27. The van der Waals surface area contributed by atoms with Gasteiger partial charge in [-0.25, -0.2) is 4.98 Å². The monoisotopic (exact) mass is 250 g/mol. The first-order valence-electron chi connectivity index (χ1n) is 5.59. The maximum atomic E-state index is 12.4. The number of carbonyl (C=O) groups is 1. The summed E-state index contributed by atoms with van der Waals surface area (Å²) in [6.07, 6.45) is 6.56. The zero-order valence-electron chi connectivity index (χ0n) is 9.98. The largest absolute Gasteiger partial charge is 0.329 e. The van der Waals surface area contributed by atoms with E-state index in [0.717, 1.165) is 6.42 Å². The van der Waals surface area contributed by atoms with Crippen molar-refractivity contribution in [2.45, 2.75) is 25.8 Å². The van der Waals surface area contributed by atoms with Crippen molar-refractivity contribution in [1.29, 1.82) is 0 Å². The summed E-state index contributed by atoms with van der Waals surface area (Å²) >= 11 is 5.80. The second-order valence-corrected chi connectivity index (χ2v) is 5.16. The molecule has 1 aliphatic rings. The highest BCUT2D eigenvalue weighted by atomic mass is 35.5. The predicted octanol–water partition coefficient (Wildman–Crippen LogP) is 2.92. The second-order valence-electron chi connectivity index (χ2n) is 4.77. The Balaban J connectivity index is 2.28. The summed E-state index contributed by atoms with van der Waals surface area (Å²) in [5.74, 6) is 0.00338. The molecule has 2 rings (SSSR count).